The number of nitrogens with zero attached hydrogens (tertiary/aromatic N) is 2. The molecule has 0 aromatic heterocycles. The van der Waals surface area contributed by atoms with Crippen molar-refractivity contribution in [2.24, 2.45) is 5.73 Å². The quantitative estimate of drug-likeness (QED) is 0.698. The molecule has 1 heterocycles. The summed E-state index contributed by atoms with van der Waals surface area (Å²) in [5.74, 6) is -1.61. The summed E-state index contributed by atoms with van der Waals surface area (Å²) in [4.78, 5) is 26.0. The van der Waals surface area contributed by atoms with Crippen molar-refractivity contribution < 1.29 is 22.4 Å². The van der Waals surface area contributed by atoms with Gasteiger partial charge in [0.1, 0.15) is 5.82 Å². The number of carbonyl (C=O) groups is 2. The molecule has 2 amide bonds. The van der Waals surface area contributed by atoms with Crippen molar-refractivity contribution in [1.29, 1.82) is 0 Å². The molecule has 1 unspecified atom stereocenters. The van der Waals surface area contributed by atoms with E-state index in [1.807, 2.05) is 24.3 Å². The summed E-state index contributed by atoms with van der Waals surface area (Å²) in [5, 5.41) is 2.70. The van der Waals surface area contributed by atoms with Crippen molar-refractivity contribution in [2.75, 3.05) is 13.1 Å². The minimum atomic E-state index is -4.11. The third-order valence-electron chi connectivity index (χ3n) is 4.88. The zero-order valence-corrected chi connectivity index (χ0v) is 17.2. The number of rotatable bonds is 6. The maximum absolute atomic E-state index is 13.2. The molecule has 1 atom stereocenters. The fourth-order valence-electron chi connectivity index (χ4n) is 3.35. The molecule has 0 radical (unpaired) electrons. The lowest BCUT2D eigenvalue weighted by Crippen LogP contribution is -2.53. The van der Waals surface area contributed by atoms with Gasteiger partial charge in [0.2, 0.25) is 15.9 Å². The molecule has 0 aliphatic carbocycles. The van der Waals surface area contributed by atoms with Crippen LogP contribution in [0.15, 0.2) is 53.4 Å². The number of nitrogens with two attached hydrogens (primary N) is 1. The van der Waals surface area contributed by atoms with Crippen LogP contribution >= 0.6 is 0 Å². The fraction of sp³-hybridized carbons (Fsp3) is 0.300. The maximum atomic E-state index is 13.2. The number of halogens is 1. The third kappa shape index (κ3) is 4.50. The minimum absolute atomic E-state index is 0.0416. The summed E-state index contributed by atoms with van der Waals surface area (Å²) in [6.07, 6.45) is -1.32. The van der Waals surface area contributed by atoms with Gasteiger partial charge in [0.15, 0.2) is 6.17 Å². The molecule has 10 heteroatoms. The number of hydrogen-bond donors (Lipinski definition) is 2. The molecule has 1 aliphatic rings. The molecule has 30 heavy (non-hydrogen) atoms. The molecule has 0 bridgehead atoms. The maximum Gasteiger partial charge on any atom is 0.259 e. The van der Waals surface area contributed by atoms with Gasteiger partial charge >= 0.3 is 0 Å². The van der Waals surface area contributed by atoms with E-state index >= 15 is 0 Å². The number of nitrogens with one attached hydrogen (secondary N) is 1. The smallest absolute Gasteiger partial charge is 0.259 e. The van der Waals surface area contributed by atoms with E-state index in [0.29, 0.717) is 6.54 Å². The van der Waals surface area contributed by atoms with E-state index in [1.165, 1.54) is 11.8 Å². The van der Waals surface area contributed by atoms with Gasteiger partial charge in [-0.2, -0.15) is 4.31 Å². The lowest BCUT2D eigenvalue weighted by molar-refractivity contribution is -0.139. The molecule has 160 valence electrons. The molecule has 1 aliphatic heterocycles. The minimum Gasteiger partial charge on any atom is -0.349 e. The number of carbonyl (C=O) groups excluding carboxylic acids is 2. The second-order valence-electron chi connectivity index (χ2n) is 6.90. The van der Waals surface area contributed by atoms with Gasteiger partial charge < -0.3 is 16.0 Å². The highest BCUT2D eigenvalue weighted by molar-refractivity contribution is 7.89. The van der Waals surface area contributed by atoms with Crippen LogP contribution in [0, 0.1) is 5.82 Å². The van der Waals surface area contributed by atoms with E-state index in [9.17, 15) is 22.4 Å². The van der Waals surface area contributed by atoms with Crippen LogP contribution in [0.1, 0.15) is 18.1 Å². The van der Waals surface area contributed by atoms with E-state index in [1.54, 1.807) is 0 Å². The molecule has 1 saturated heterocycles. The Morgan fingerprint density at radius 3 is 2.43 bits per heavy atom. The van der Waals surface area contributed by atoms with E-state index in [2.05, 4.69) is 5.32 Å². The van der Waals surface area contributed by atoms with Gasteiger partial charge in [-0.3, -0.25) is 9.59 Å². The van der Waals surface area contributed by atoms with Gasteiger partial charge in [-0.25, -0.2) is 12.8 Å². The highest BCUT2D eigenvalue weighted by Crippen LogP contribution is 2.25. The summed E-state index contributed by atoms with van der Waals surface area (Å²) in [7, 11) is -4.11. The summed E-state index contributed by atoms with van der Waals surface area (Å²) in [6.45, 7) is 1.82. The normalized spacial score (nSPS) is 17.2. The van der Waals surface area contributed by atoms with Crippen LogP contribution in [-0.2, 0) is 32.7 Å². The highest BCUT2D eigenvalue weighted by atomic mass is 32.2. The summed E-state index contributed by atoms with van der Waals surface area (Å²) < 4.78 is 40.3. The van der Waals surface area contributed by atoms with E-state index < -0.39 is 33.8 Å². The van der Waals surface area contributed by atoms with Crippen LogP contribution < -0.4 is 11.1 Å². The first-order valence-electron chi connectivity index (χ1n) is 9.34. The Morgan fingerprint density at radius 2 is 1.80 bits per heavy atom. The molecule has 3 rings (SSSR count). The van der Waals surface area contributed by atoms with Crippen LogP contribution in [0.5, 0.6) is 0 Å². The summed E-state index contributed by atoms with van der Waals surface area (Å²) >= 11 is 0. The average Bonchev–Trinajstić information content (AvgIpc) is 3.19. The number of hydrogen-bond acceptors (Lipinski definition) is 5. The topological polar surface area (TPSA) is 113 Å². The average molecular weight is 434 g/mol. The van der Waals surface area contributed by atoms with Gasteiger partial charge in [-0.15, -0.1) is 0 Å². The van der Waals surface area contributed by atoms with Crippen molar-refractivity contribution in [1.82, 2.24) is 14.5 Å². The Hall–Kier alpha value is -2.82. The predicted molar refractivity (Wildman–Crippen MR) is 108 cm³/mol. The summed E-state index contributed by atoms with van der Waals surface area (Å²) in [6, 6.07) is 11.6. The van der Waals surface area contributed by atoms with Crippen LogP contribution in [0.4, 0.5) is 4.39 Å². The van der Waals surface area contributed by atoms with E-state index in [4.69, 9.17) is 5.73 Å². The lowest BCUT2D eigenvalue weighted by Gasteiger charge is -2.28. The van der Waals surface area contributed by atoms with Gasteiger partial charge in [-0.1, -0.05) is 24.3 Å². The van der Waals surface area contributed by atoms with Gasteiger partial charge in [0.25, 0.3) is 5.91 Å². The summed E-state index contributed by atoms with van der Waals surface area (Å²) in [5.41, 5.74) is 7.32. The number of sulfonamides is 1. The van der Waals surface area contributed by atoms with Crippen molar-refractivity contribution in [3.8, 4) is 0 Å². The first-order chi connectivity index (χ1) is 14.2. The van der Waals surface area contributed by atoms with Gasteiger partial charge in [0, 0.05) is 33.1 Å². The lowest BCUT2D eigenvalue weighted by atomic mass is 10.1. The van der Waals surface area contributed by atoms with E-state index in [0.717, 1.165) is 39.7 Å². The monoisotopic (exact) mass is 434 g/mol. The molecular weight excluding hydrogens is 411 g/mol. The standard InChI is InChI=1S/C20H23FN4O4S/c1-14(26)24-9-10-25(30(28,29)18-7-5-17(21)6-8-18)20(24)19(27)23-13-16-4-2-3-15(11-16)12-22/h2-8,11,20H,9-10,12-13,22H2,1H3,(H,23,27). The van der Waals surface area contributed by atoms with Crippen LogP contribution in [0.25, 0.3) is 0 Å². The van der Waals surface area contributed by atoms with Gasteiger partial charge in [-0.05, 0) is 35.4 Å². The Kier molecular flexibility index (Phi) is 6.49. The van der Waals surface area contributed by atoms with Crippen molar-refractivity contribution in [3.63, 3.8) is 0 Å². The Labute approximate surface area is 174 Å². The Balaban J connectivity index is 1.84. The van der Waals surface area contributed by atoms with E-state index in [-0.39, 0.29) is 24.5 Å². The first-order valence-corrected chi connectivity index (χ1v) is 10.8. The highest BCUT2D eigenvalue weighted by Gasteiger charge is 2.45. The van der Waals surface area contributed by atoms with Crippen molar-refractivity contribution in [3.05, 3.63) is 65.5 Å². The number of benzene rings is 2. The second kappa shape index (κ2) is 8.90. The Bertz CT molecular complexity index is 1040. The SMILES string of the molecule is CC(=O)N1CCN(S(=O)(=O)c2ccc(F)cc2)C1C(=O)NCc1cccc(CN)c1. The third-order valence-corrected chi connectivity index (χ3v) is 6.75. The van der Waals surface area contributed by atoms with Crippen LogP contribution in [-0.4, -0.2) is 48.7 Å². The van der Waals surface area contributed by atoms with Crippen molar-refractivity contribution in [2.45, 2.75) is 31.1 Å². The molecule has 3 N–H and O–H groups in total. The molecule has 2 aromatic rings. The first kappa shape index (κ1) is 21.9. The van der Waals surface area contributed by atoms with Crippen molar-refractivity contribution >= 4 is 21.8 Å². The van der Waals surface area contributed by atoms with Crippen LogP contribution in [0.2, 0.25) is 0 Å². The van der Waals surface area contributed by atoms with Gasteiger partial charge in [0.05, 0.1) is 4.90 Å². The molecule has 0 spiro atoms. The fourth-order valence-corrected chi connectivity index (χ4v) is 4.89. The molecule has 8 nitrogen and oxygen atoms in total. The van der Waals surface area contributed by atoms with Crippen LogP contribution in [0.3, 0.4) is 0 Å². The zero-order valence-electron chi connectivity index (χ0n) is 16.4. The Morgan fingerprint density at radius 1 is 1.13 bits per heavy atom. The second-order valence-corrected chi connectivity index (χ2v) is 8.79. The zero-order chi connectivity index (χ0) is 21.9. The molecular formula is C20H23FN4O4S. The molecule has 2 aromatic carbocycles. The number of amides is 2. The molecule has 0 saturated carbocycles. The predicted octanol–water partition coefficient (Wildman–Crippen LogP) is 0.780. The molecule has 1 fully saturated rings. The largest absolute Gasteiger partial charge is 0.349 e.